The van der Waals surface area contributed by atoms with E-state index in [1.54, 1.807) is 6.33 Å². The lowest BCUT2D eigenvalue weighted by molar-refractivity contribution is 1.05. The lowest BCUT2D eigenvalue weighted by Gasteiger charge is -2.07. The molecule has 1 aromatic heterocycles. The number of hydrogen-bond donors (Lipinski definition) is 2. The summed E-state index contributed by atoms with van der Waals surface area (Å²) in [6.45, 7) is 2.69. The predicted octanol–water partition coefficient (Wildman–Crippen LogP) is 3.75. The molecule has 0 saturated heterocycles. The maximum Gasteiger partial charge on any atom is 0.0925 e. The number of anilines is 1. The summed E-state index contributed by atoms with van der Waals surface area (Å²) in [6, 6.07) is 5.65. The summed E-state index contributed by atoms with van der Waals surface area (Å²) in [5.41, 5.74) is 3.10. The van der Waals surface area contributed by atoms with Gasteiger partial charge in [0.25, 0.3) is 0 Å². The molecular weight excluding hydrogens is 289 g/mol. The molecule has 5 heteroatoms. The van der Waals surface area contributed by atoms with Crippen LogP contribution in [0.5, 0.6) is 0 Å². The van der Waals surface area contributed by atoms with Crippen LogP contribution < -0.4 is 5.32 Å². The van der Waals surface area contributed by atoms with Gasteiger partial charge in [0.05, 0.1) is 18.6 Å². The van der Waals surface area contributed by atoms with E-state index < -0.39 is 0 Å². The minimum atomic E-state index is 0.690. The SMILES string of the molecule is Cc1[nH]cnc1CNc1ccc(Cl)cc1Br. The van der Waals surface area contributed by atoms with Gasteiger partial charge in [0.2, 0.25) is 0 Å². The van der Waals surface area contributed by atoms with Crippen LogP contribution in [0.15, 0.2) is 29.0 Å². The molecule has 3 nitrogen and oxygen atoms in total. The molecular formula is C11H11BrClN3. The molecule has 0 amide bonds. The van der Waals surface area contributed by atoms with Crippen LogP contribution in [0.25, 0.3) is 0 Å². The maximum absolute atomic E-state index is 5.87. The van der Waals surface area contributed by atoms with E-state index in [1.807, 2.05) is 25.1 Å². The normalized spacial score (nSPS) is 10.4. The second-order valence-electron chi connectivity index (χ2n) is 3.45. The number of H-pyrrole nitrogens is 1. The predicted molar refractivity (Wildman–Crippen MR) is 69.8 cm³/mol. The van der Waals surface area contributed by atoms with Crippen molar-refractivity contribution < 1.29 is 0 Å². The highest BCUT2D eigenvalue weighted by Crippen LogP contribution is 2.26. The Morgan fingerprint density at radius 3 is 2.94 bits per heavy atom. The molecule has 2 rings (SSSR count). The fourth-order valence-corrected chi connectivity index (χ4v) is 2.20. The van der Waals surface area contributed by atoms with Gasteiger partial charge >= 0.3 is 0 Å². The average molecular weight is 301 g/mol. The van der Waals surface area contributed by atoms with E-state index >= 15 is 0 Å². The van der Waals surface area contributed by atoms with Crippen molar-refractivity contribution in [1.82, 2.24) is 9.97 Å². The molecule has 1 aromatic carbocycles. The van der Waals surface area contributed by atoms with Gasteiger partial charge in [-0.05, 0) is 41.1 Å². The Hall–Kier alpha value is -1.000. The van der Waals surface area contributed by atoms with Crippen molar-refractivity contribution in [3.05, 3.63) is 45.4 Å². The Morgan fingerprint density at radius 1 is 1.50 bits per heavy atom. The summed E-state index contributed by atoms with van der Waals surface area (Å²) >= 11 is 9.32. The molecule has 1 heterocycles. The fraction of sp³-hybridized carbons (Fsp3) is 0.182. The monoisotopic (exact) mass is 299 g/mol. The van der Waals surface area contributed by atoms with E-state index in [1.165, 1.54) is 0 Å². The highest BCUT2D eigenvalue weighted by molar-refractivity contribution is 9.10. The molecule has 0 atom stereocenters. The van der Waals surface area contributed by atoms with Gasteiger partial charge in [-0.2, -0.15) is 0 Å². The molecule has 0 saturated carbocycles. The molecule has 16 heavy (non-hydrogen) atoms. The molecule has 0 radical (unpaired) electrons. The highest BCUT2D eigenvalue weighted by atomic mass is 79.9. The first-order valence-electron chi connectivity index (χ1n) is 4.84. The minimum absolute atomic E-state index is 0.690. The van der Waals surface area contributed by atoms with Crippen LogP contribution >= 0.6 is 27.5 Å². The zero-order valence-electron chi connectivity index (χ0n) is 8.72. The molecule has 0 spiro atoms. The van der Waals surface area contributed by atoms with Crippen molar-refractivity contribution >= 4 is 33.2 Å². The van der Waals surface area contributed by atoms with Gasteiger partial charge in [0.15, 0.2) is 0 Å². The number of hydrogen-bond acceptors (Lipinski definition) is 2. The van der Waals surface area contributed by atoms with Gasteiger partial charge in [0, 0.05) is 20.9 Å². The van der Waals surface area contributed by atoms with Crippen LogP contribution in [-0.2, 0) is 6.54 Å². The van der Waals surface area contributed by atoms with Crippen molar-refractivity contribution in [2.24, 2.45) is 0 Å². The second-order valence-corrected chi connectivity index (χ2v) is 4.74. The minimum Gasteiger partial charge on any atom is -0.378 e. The largest absolute Gasteiger partial charge is 0.378 e. The summed E-state index contributed by atoms with van der Waals surface area (Å²) in [7, 11) is 0. The molecule has 0 bridgehead atoms. The Kier molecular flexibility index (Phi) is 3.51. The second kappa shape index (κ2) is 4.89. The number of nitrogens with zero attached hydrogens (tertiary/aromatic N) is 1. The number of benzene rings is 1. The zero-order chi connectivity index (χ0) is 11.5. The molecule has 0 aliphatic heterocycles. The number of aryl methyl sites for hydroxylation is 1. The third-order valence-electron chi connectivity index (χ3n) is 2.31. The number of imidazole rings is 1. The van der Waals surface area contributed by atoms with E-state index in [9.17, 15) is 0 Å². The van der Waals surface area contributed by atoms with Crippen molar-refractivity contribution in [1.29, 1.82) is 0 Å². The van der Waals surface area contributed by atoms with Crippen LogP contribution in [0.1, 0.15) is 11.4 Å². The summed E-state index contributed by atoms with van der Waals surface area (Å²) in [4.78, 5) is 7.26. The van der Waals surface area contributed by atoms with E-state index in [0.29, 0.717) is 11.6 Å². The first-order valence-corrected chi connectivity index (χ1v) is 6.01. The molecule has 84 valence electrons. The highest BCUT2D eigenvalue weighted by Gasteiger charge is 2.03. The van der Waals surface area contributed by atoms with Crippen molar-refractivity contribution in [3.8, 4) is 0 Å². The number of aromatic nitrogens is 2. The molecule has 0 unspecified atom stereocenters. The Balaban J connectivity index is 2.08. The summed E-state index contributed by atoms with van der Waals surface area (Å²) < 4.78 is 0.952. The standard InChI is InChI=1S/C11H11BrClN3/c1-7-11(16-6-15-7)5-14-10-3-2-8(13)4-9(10)12/h2-4,6,14H,5H2,1H3,(H,15,16). The topological polar surface area (TPSA) is 40.7 Å². The summed E-state index contributed by atoms with van der Waals surface area (Å²) in [6.07, 6.45) is 1.70. The smallest absolute Gasteiger partial charge is 0.0925 e. The van der Waals surface area contributed by atoms with E-state index in [-0.39, 0.29) is 0 Å². The molecule has 2 aromatic rings. The van der Waals surface area contributed by atoms with Crippen molar-refractivity contribution in [3.63, 3.8) is 0 Å². The van der Waals surface area contributed by atoms with Crippen LogP contribution in [0.3, 0.4) is 0 Å². The van der Waals surface area contributed by atoms with Crippen LogP contribution in [-0.4, -0.2) is 9.97 Å². The van der Waals surface area contributed by atoms with Gasteiger partial charge in [-0.25, -0.2) is 4.98 Å². The number of aromatic amines is 1. The van der Waals surface area contributed by atoms with Crippen LogP contribution in [0.2, 0.25) is 5.02 Å². The van der Waals surface area contributed by atoms with Gasteiger partial charge in [-0.3, -0.25) is 0 Å². The molecule has 0 fully saturated rings. The summed E-state index contributed by atoms with van der Waals surface area (Å²) in [5.74, 6) is 0. The molecule has 2 N–H and O–H groups in total. The molecule has 0 aliphatic rings. The Bertz CT molecular complexity index is 496. The van der Waals surface area contributed by atoms with Gasteiger partial charge in [-0.15, -0.1) is 0 Å². The first-order chi connectivity index (χ1) is 7.66. The van der Waals surface area contributed by atoms with E-state index in [2.05, 4.69) is 31.2 Å². The number of rotatable bonds is 3. The van der Waals surface area contributed by atoms with Crippen LogP contribution in [0.4, 0.5) is 5.69 Å². The van der Waals surface area contributed by atoms with Gasteiger partial charge < -0.3 is 10.3 Å². The number of halogens is 2. The lowest BCUT2D eigenvalue weighted by atomic mass is 10.3. The van der Waals surface area contributed by atoms with Crippen LogP contribution in [0, 0.1) is 6.92 Å². The average Bonchev–Trinajstić information content (AvgIpc) is 2.63. The van der Waals surface area contributed by atoms with E-state index in [4.69, 9.17) is 11.6 Å². The Morgan fingerprint density at radius 2 is 2.31 bits per heavy atom. The fourth-order valence-electron chi connectivity index (χ4n) is 1.38. The first kappa shape index (κ1) is 11.5. The Labute approximate surface area is 107 Å². The summed E-state index contributed by atoms with van der Waals surface area (Å²) in [5, 5.41) is 4.01. The van der Waals surface area contributed by atoms with Crippen molar-refractivity contribution in [2.45, 2.75) is 13.5 Å². The van der Waals surface area contributed by atoms with Crippen molar-refractivity contribution in [2.75, 3.05) is 5.32 Å². The van der Waals surface area contributed by atoms with Gasteiger partial charge in [-0.1, -0.05) is 11.6 Å². The van der Waals surface area contributed by atoms with E-state index in [0.717, 1.165) is 21.5 Å². The van der Waals surface area contributed by atoms with Gasteiger partial charge in [0.1, 0.15) is 0 Å². The quantitative estimate of drug-likeness (QED) is 0.906. The third-order valence-corrected chi connectivity index (χ3v) is 3.20. The number of nitrogens with one attached hydrogen (secondary N) is 2. The molecule has 0 aliphatic carbocycles. The zero-order valence-corrected chi connectivity index (χ0v) is 11.1. The third kappa shape index (κ3) is 2.57. The lowest BCUT2D eigenvalue weighted by Crippen LogP contribution is -2.01. The maximum atomic E-state index is 5.87.